The molecule has 0 atom stereocenters. The van der Waals surface area contributed by atoms with Crippen LogP contribution in [0, 0.1) is 0 Å². The standard InChI is InChI=1S/C20H36N6O2S.HI/c1-7-21-17(22-12-16-13-29-18(24-16)26(5)6)23-14-8-10-15(11-9-14)25-19(27)28-20(2,3)4;/h13-15H,7-12H2,1-6H3,(H,25,27)(H2,21,22,23);1H. The molecule has 30 heavy (non-hydrogen) atoms. The largest absolute Gasteiger partial charge is 0.444 e. The molecule has 0 saturated heterocycles. The summed E-state index contributed by atoms with van der Waals surface area (Å²) in [6, 6.07) is 0.513. The van der Waals surface area contributed by atoms with E-state index in [4.69, 9.17) is 4.74 Å². The highest BCUT2D eigenvalue weighted by Gasteiger charge is 2.25. The molecular weight excluding hydrogens is 515 g/mol. The number of thiazole rings is 1. The van der Waals surface area contributed by atoms with E-state index in [1.54, 1.807) is 11.3 Å². The molecule has 0 spiro atoms. The number of hydrogen-bond donors (Lipinski definition) is 3. The number of anilines is 1. The van der Waals surface area contributed by atoms with Crippen molar-refractivity contribution in [2.75, 3.05) is 25.5 Å². The lowest BCUT2D eigenvalue weighted by atomic mass is 9.91. The van der Waals surface area contributed by atoms with Gasteiger partial charge >= 0.3 is 6.09 Å². The normalized spacial score (nSPS) is 19.5. The highest BCUT2D eigenvalue weighted by molar-refractivity contribution is 14.0. The van der Waals surface area contributed by atoms with Gasteiger partial charge in [-0.2, -0.15) is 0 Å². The topological polar surface area (TPSA) is 90.9 Å². The van der Waals surface area contributed by atoms with Crippen LogP contribution in [0.1, 0.15) is 59.1 Å². The zero-order valence-electron chi connectivity index (χ0n) is 18.9. The number of aromatic nitrogens is 1. The summed E-state index contributed by atoms with van der Waals surface area (Å²) in [6.07, 6.45) is 3.48. The van der Waals surface area contributed by atoms with Crippen LogP contribution in [0.15, 0.2) is 10.4 Å². The molecule has 1 heterocycles. The fraction of sp³-hybridized carbons (Fsp3) is 0.750. The first kappa shape index (κ1) is 26.7. The van der Waals surface area contributed by atoms with Gasteiger partial charge in [-0.1, -0.05) is 0 Å². The Kier molecular flexibility index (Phi) is 11.2. The van der Waals surface area contributed by atoms with Crippen LogP contribution in [0.4, 0.5) is 9.93 Å². The Labute approximate surface area is 201 Å². The third-order valence-corrected chi connectivity index (χ3v) is 5.51. The van der Waals surface area contributed by atoms with Crippen molar-refractivity contribution in [3.63, 3.8) is 0 Å². The van der Waals surface area contributed by atoms with Gasteiger partial charge in [-0.05, 0) is 53.4 Å². The Morgan fingerprint density at radius 3 is 2.33 bits per heavy atom. The van der Waals surface area contributed by atoms with E-state index in [2.05, 4.69) is 38.2 Å². The Bertz CT molecular complexity index is 681. The van der Waals surface area contributed by atoms with Crippen molar-refractivity contribution >= 4 is 52.5 Å². The molecule has 0 aromatic carbocycles. The van der Waals surface area contributed by atoms with Crippen molar-refractivity contribution in [2.45, 2.75) is 77.6 Å². The summed E-state index contributed by atoms with van der Waals surface area (Å²) in [5.41, 5.74) is 0.506. The molecule has 1 saturated carbocycles. The highest BCUT2D eigenvalue weighted by atomic mass is 127. The maximum Gasteiger partial charge on any atom is 0.407 e. The number of guanidine groups is 1. The number of hydrogen-bond acceptors (Lipinski definition) is 6. The minimum atomic E-state index is -0.468. The molecule has 1 aliphatic rings. The summed E-state index contributed by atoms with van der Waals surface area (Å²) in [4.78, 5) is 23.2. The molecule has 0 bridgehead atoms. The average Bonchev–Trinajstić information content (AvgIpc) is 3.09. The lowest BCUT2D eigenvalue weighted by Gasteiger charge is -2.31. The van der Waals surface area contributed by atoms with Gasteiger partial charge in [-0.25, -0.2) is 14.8 Å². The molecule has 0 unspecified atom stereocenters. The van der Waals surface area contributed by atoms with Gasteiger partial charge in [0.25, 0.3) is 0 Å². The number of ether oxygens (including phenoxy) is 1. The Morgan fingerprint density at radius 1 is 1.23 bits per heavy atom. The lowest BCUT2D eigenvalue weighted by molar-refractivity contribution is 0.0490. The van der Waals surface area contributed by atoms with Gasteiger partial charge in [0.05, 0.1) is 12.2 Å². The number of carbonyl (C=O) groups excluding carboxylic acids is 1. The van der Waals surface area contributed by atoms with E-state index in [9.17, 15) is 4.79 Å². The quantitative estimate of drug-likeness (QED) is 0.283. The summed E-state index contributed by atoms with van der Waals surface area (Å²) < 4.78 is 5.35. The number of alkyl carbamates (subject to hydrolysis) is 1. The van der Waals surface area contributed by atoms with E-state index in [-0.39, 0.29) is 36.1 Å². The van der Waals surface area contributed by atoms with E-state index >= 15 is 0 Å². The Morgan fingerprint density at radius 2 is 1.83 bits per heavy atom. The SMILES string of the molecule is CCNC(=NCc1csc(N(C)C)n1)NC1CCC(NC(=O)OC(C)(C)C)CC1.I. The molecule has 10 heteroatoms. The fourth-order valence-electron chi connectivity index (χ4n) is 3.10. The van der Waals surface area contributed by atoms with Crippen LogP contribution in [0.2, 0.25) is 0 Å². The Balaban J connectivity index is 0.00000450. The number of nitrogens with one attached hydrogen (secondary N) is 3. The highest BCUT2D eigenvalue weighted by Crippen LogP contribution is 2.20. The predicted octanol–water partition coefficient (Wildman–Crippen LogP) is 3.72. The first-order chi connectivity index (χ1) is 13.7. The van der Waals surface area contributed by atoms with Gasteiger partial charge in [-0.15, -0.1) is 35.3 Å². The van der Waals surface area contributed by atoms with Crippen molar-refractivity contribution in [1.29, 1.82) is 0 Å². The zero-order chi connectivity index (χ0) is 21.4. The molecule has 1 amide bonds. The van der Waals surface area contributed by atoms with Crippen molar-refractivity contribution in [2.24, 2.45) is 4.99 Å². The molecule has 0 radical (unpaired) electrons. The second-order valence-electron chi connectivity index (χ2n) is 8.55. The van der Waals surface area contributed by atoms with Crippen molar-refractivity contribution in [3.8, 4) is 0 Å². The van der Waals surface area contributed by atoms with Crippen molar-refractivity contribution in [3.05, 3.63) is 11.1 Å². The van der Waals surface area contributed by atoms with Crippen LogP contribution in [-0.4, -0.2) is 55.4 Å². The number of halogens is 1. The molecule has 1 aromatic heterocycles. The minimum absolute atomic E-state index is 0. The summed E-state index contributed by atoms with van der Waals surface area (Å²) in [6.45, 7) is 9.05. The molecule has 0 aliphatic heterocycles. The van der Waals surface area contributed by atoms with Crippen LogP contribution in [0.3, 0.4) is 0 Å². The zero-order valence-corrected chi connectivity index (χ0v) is 22.1. The molecule has 8 nitrogen and oxygen atoms in total. The van der Waals surface area contributed by atoms with Gasteiger partial charge in [0.1, 0.15) is 5.60 Å². The first-order valence-electron chi connectivity index (χ1n) is 10.3. The number of amides is 1. The smallest absolute Gasteiger partial charge is 0.407 e. The average molecular weight is 553 g/mol. The molecule has 2 rings (SSSR count). The maximum atomic E-state index is 11.9. The van der Waals surface area contributed by atoms with Gasteiger partial charge in [0.15, 0.2) is 11.1 Å². The third kappa shape index (κ3) is 9.67. The van der Waals surface area contributed by atoms with Gasteiger partial charge in [0.2, 0.25) is 0 Å². The molecule has 1 aromatic rings. The fourth-order valence-corrected chi connectivity index (χ4v) is 3.85. The molecule has 172 valence electrons. The number of aliphatic imine (C=N–C) groups is 1. The van der Waals surface area contributed by atoms with E-state index in [0.29, 0.717) is 12.6 Å². The molecule has 1 aliphatic carbocycles. The van der Waals surface area contributed by atoms with Crippen molar-refractivity contribution in [1.82, 2.24) is 20.9 Å². The van der Waals surface area contributed by atoms with Gasteiger partial charge < -0.3 is 25.6 Å². The van der Waals surface area contributed by atoms with Crippen LogP contribution in [0.5, 0.6) is 0 Å². The van der Waals surface area contributed by atoms with E-state index in [1.807, 2.05) is 39.8 Å². The van der Waals surface area contributed by atoms with Crippen LogP contribution in [0.25, 0.3) is 0 Å². The van der Waals surface area contributed by atoms with Crippen molar-refractivity contribution < 1.29 is 9.53 Å². The summed E-state index contributed by atoms with van der Waals surface area (Å²) in [5, 5.41) is 12.9. The maximum absolute atomic E-state index is 11.9. The molecular formula is C20H37IN6O2S. The van der Waals surface area contributed by atoms with Gasteiger partial charge in [-0.3, -0.25) is 0 Å². The molecule has 1 fully saturated rings. The summed E-state index contributed by atoms with van der Waals surface area (Å²) >= 11 is 1.63. The van der Waals surface area contributed by atoms with Gasteiger partial charge in [0, 0.05) is 38.1 Å². The second-order valence-corrected chi connectivity index (χ2v) is 9.39. The number of carbonyl (C=O) groups is 1. The number of nitrogens with zero attached hydrogens (tertiary/aromatic N) is 3. The Hall–Kier alpha value is -1.30. The van der Waals surface area contributed by atoms with Crippen LogP contribution in [-0.2, 0) is 11.3 Å². The predicted molar refractivity (Wildman–Crippen MR) is 135 cm³/mol. The number of rotatable bonds is 6. The minimum Gasteiger partial charge on any atom is -0.444 e. The second kappa shape index (κ2) is 12.5. The van der Waals surface area contributed by atoms with Crippen LogP contribution >= 0.6 is 35.3 Å². The van der Waals surface area contributed by atoms with Crippen LogP contribution < -0.4 is 20.9 Å². The first-order valence-corrected chi connectivity index (χ1v) is 11.2. The van der Waals surface area contributed by atoms with E-state index < -0.39 is 5.60 Å². The summed E-state index contributed by atoms with van der Waals surface area (Å²) in [7, 11) is 3.98. The lowest BCUT2D eigenvalue weighted by Crippen LogP contribution is -2.48. The molecule has 3 N–H and O–H groups in total. The monoisotopic (exact) mass is 552 g/mol. The van der Waals surface area contributed by atoms with E-state index in [0.717, 1.165) is 49.0 Å². The third-order valence-electron chi connectivity index (χ3n) is 4.45. The van der Waals surface area contributed by atoms with E-state index in [1.165, 1.54) is 0 Å². The summed E-state index contributed by atoms with van der Waals surface area (Å²) in [5.74, 6) is 0.815.